The summed E-state index contributed by atoms with van der Waals surface area (Å²) in [6, 6.07) is 0. The third kappa shape index (κ3) is 2.84. The molecule has 3 nitrogen and oxygen atoms in total. The number of nitrogens with two attached hydrogens (primary N) is 1. The minimum absolute atomic E-state index is 0.527. The zero-order valence-corrected chi connectivity index (χ0v) is 10.1. The van der Waals surface area contributed by atoms with E-state index in [1.54, 1.807) is 11.8 Å². The van der Waals surface area contributed by atoms with Crippen LogP contribution >= 0.6 is 27.7 Å². The van der Waals surface area contributed by atoms with Gasteiger partial charge in [0.05, 0.1) is 15.9 Å². The van der Waals surface area contributed by atoms with E-state index in [0.29, 0.717) is 5.82 Å². The first-order valence-electron chi connectivity index (χ1n) is 4.01. The molecule has 0 aliphatic carbocycles. The molecule has 0 aromatic carbocycles. The first-order chi connectivity index (χ1) is 6.15. The molecular formula is C8H12BrN3S. The Bertz CT molecular complexity index is 280. The van der Waals surface area contributed by atoms with Crippen LogP contribution in [-0.4, -0.2) is 15.7 Å². The molecule has 0 fully saturated rings. The molecule has 2 N–H and O–H groups in total. The van der Waals surface area contributed by atoms with Crippen molar-refractivity contribution in [2.45, 2.75) is 19.6 Å². The molecular weight excluding hydrogens is 250 g/mol. The Kier molecular flexibility index (Phi) is 3.99. The number of nitrogen functional groups attached to an aromatic ring is 1. The van der Waals surface area contributed by atoms with Gasteiger partial charge >= 0.3 is 0 Å². The lowest BCUT2D eigenvalue weighted by Gasteiger charge is -2.04. The van der Waals surface area contributed by atoms with Crippen molar-refractivity contribution in [1.29, 1.82) is 0 Å². The molecule has 5 heteroatoms. The number of hydrogen-bond donors (Lipinski definition) is 1. The van der Waals surface area contributed by atoms with Gasteiger partial charge in [-0.2, -0.15) is 11.8 Å². The maximum atomic E-state index is 5.69. The molecule has 1 aromatic rings. The highest BCUT2D eigenvalue weighted by Gasteiger charge is 2.05. The number of halogens is 1. The van der Waals surface area contributed by atoms with Crippen LogP contribution in [0.15, 0.2) is 4.47 Å². The molecule has 0 saturated carbocycles. The molecule has 0 aliphatic heterocycles. The summed E-state index contributed by atoms with van der Waals surface area (Å²) in [6.45, 7) is 4.03. The van der Waals surface area contributed by atoms with Crippen LogP contribution in [0.1, 0.15) is 18.4 Å². The van der Waals surface area contributed by atoms with Gasteiger partial charge in [0.25, 0.3) is 0 Å². The highest BCUT2D eigenvalue weighted by Crippen LogP contribution is 2.21. The smallest absolute Gasteiger partial charge is 0.141 e. The average Bonchev–Trinajstić information content (AvgIpc) is 2.10. The maximum Gasteiger partial charge on any atom is 0.141 e. The zero-order valence-electron chi connectivity index (χ0n) is 7.67. The number of rotatable bonds is 3. The van der Waals surface area contributed by atoms with Crippen molar-refractivity contribution in [2.75, 3.05) is 11.5 Å². The second-order valence-corrected chi connectivity index (χ2v) is 4.63. The standard InChI is InChI=1S/C8H12BrN3S/c1-3-13-4-6-11-5(2)7(9)8(10)12-6/h3-4H2,1-2H3,(H2,10,11,12). The van der Waals surface area contributed by atoms with Crippen LogP contribution in [0.4, 0.5) is 5.82 Å². The van der Waals surface area contributed by atoms with Gasteiger partial charge in [-0.15, -0.1) is 0 Å². The molecule has 0 spiro atoms. The lowest BCUT2D eigenvalue weighted by atomic mass is 10.4. The number of aromatic nitrogens is 2. The summed E-state index contributed by atoms with van der Waals surface area (Å²) in [4.78, 5) is 8.48. The summed E-state index contributed by atoms with van der Waals surface area (Å²) in [5.74, 6) is 3.23. The highest BCUT2D eigenvalue weighted by atomic mass is 79.9. The average molecular weight is 262 g/mol. The lowest BCUT2D eigenvalue weighted by Crippen LogP contribution is -2.02. The summed E-state index contributed by atoms with van der Waals surface area (Å²) in [5.41, 5.74) is 6.59. The number of aryl methyl sites for hydroxylation is 1. The molecule has 72 valence electrons. The van der Waals surface area contributed by atoms with E-state index in [1.807, 2.05) is 6.92 Å². The normalized spacial score (nSPS) is 10.4. The van der Waals surface area contributed by atoms with Crippen LogP contribution in [-0.2, 0) is 5.75 Å². The summed E-state index contributed by atoms with van der Waals surface area (Å²) in [6.07, 6.45) is 0. The van der Waals surface area contributed by atoms with Gasteiger partial charge in [0.15, 0.2) is 0 Å². The van der Waals surface area contributed by atoms with Crippen molar-refractivity contribution in [3.8, 4) is 0 Å². The first-order valence-corrected chi connectivity index (χ1v) is 5.96. The summed E-state index contributed by atoms with van der Waals surface area (Å²) in [7, 11) is 0. The predicted octanol–water partition coefficient (Wildman–Crippen LogP) is 2.38. The van der Waals surface area contributed by atoms with Gasteiger partial charge in [0.1, 0.15) is 11.6 Å². The fourth-order valence-electron chi connectivity index (χ4n) is 0.899. The van der Waals surface area contributed by atoms with Crippen molar-refractivity contribution in [3.63, 3.8) is 0 Å². The molecule has 0 atom stereocenters. The molecule has 0 unspecified atom stereocenters. The molecule has 13 heavy (non-hydrogen) atoms. The fourth-order valence-corrected chi connectivity index (χ4v) is 1.59. The van der Waals surface area contributed by atoms with Gasteiger partial charge in [-0.25, -0.2) is 9.97 Å². The van der Waals surface area contributed by atoms with Crippen molar-refractivity contribution in [1.82, 2.24) is 9.97 Å². The predicted molar refractivity (Wildman–Crippen MR) is 60.7 cm³/mol. The van der Waals surface area contributed by atoms with Crippen molar-refractivity contribution >= 4 is 33.5 Å². The second-order valence-electron chi connectivity index (χ2n) is 2.56. The molecule has 0 bridgehead atoms. The Balaban J connectivity index is 2.86. The van der Waals surface area contributed by atoms with Gasteiger partial charge in [-0.3, -0.25) is 0 Å². The monoisotopic (exact) mass is 261 g/mol. The molecule has 0 saturated heterocycles. The van der Waals surface area contributed by atoms with Crippen LogP contribution in [0.2, 0.25) is 0 Å². The Hall–Kier alpha value is -0.290. The van der Waals surface area contributed by atoms with Crippen molar-refractivity contribution < 1.29 is 0 Å². The van der Waals surface area contributed by atoms with Gasteiger partial charge in [-0.05, 0) is 28.6 Å². The van der Waals surface area contributed by atoms with Crippen LogP contribution < -0.4 is 5.73 Å². The van der Waals surface area contributed by atoms with Crippen LogP contribution in [0, 0.1) is 6.92 Å². The first kappa shape index (κ1) is 10.8. The quantitative estimate of drug-likeness (QED) is 0.908. The third-order valence-electron chi connectivity index (χ3n) is 1.52. The lowest BCUT2D eigenvalue weighted by molar-refractivity contribution is 0.992. The van der Waals surface area contributed by atoms with E-state index in [9.17, 15) is 0 Å². The highest BCUT2D eigenvalue weighted by molar-refractivity contribution is 9.10. The second kappa shape index (κ2) is 4.81. The Labute approximate surface area is 90.7 Å². The van der Waals surface area contributed by atoms with Gasteiger partial charge in [-0.1, -0.05) is 6.92 Å². The Morgan fingerprint density at radius 2 is 2.15 bits per heavy atom. The maximum absolute atomic E-state index is 5.69. The minimum atomic E-state index is 0.527. The Morgan fingerprint density at radius 1 is 1.46 bits per heavy atom. The molecule has 0 radical (unpaired) electrons. The minimum Gasteiger partial charge on any atom is -0.383 e. The number of nitrogens with zero attached hydrogens (tertiary/aromatic N) is 2. The molecule has 0 aliphatic rings. The van der Waals surface area contributed by atoms with Gasteiger partial charge in [0, 0.05) is 0 Å². The summed E-state index contributed by atoms with van der Waals surface area (Å²) >= 11 is 5.11. The topological polar surface area (TPSA) is 51.8 Å². The van der Waals surface area contributed by atoms with Crippen molar-refractivity contribution in [2.24, 2.45) is 0 Å². The SMILES string of the molecule is CCSCc1nc(C)c(Br)c(N)n1. The summed E-state index contributed by atoms with van der Waals surface area (Å²) < 4.78 is 0.803. The van der Waals surface area contributed by atoms with E-state index in [1.165, 1.54) is 0 Å². The summed E-state index contributed by atoms with van der Waals surface area (Å²) in [5, 5.41) is 0. The van der Waals surface area contributed by atoms with Crippen LogP contribution in [0.25, 0.3) is 0 Å². The van der Waals surface area contributed by atoms with E-state index in [0.717, 1.165) is 27.5 Å². The molecule has 0 amide bonds. The number of hydrogen-bond acceptors (Lipinski definition) is 4. The van der Waals surface area contributed by atoms with Crippen molar-refractivity contribution in [3.05, 3.63) is 16.0 Å². The van der Waals surface area contributed by atoms with E-state index >= 15 is 0 Å². The molecule has 1 rings (SSSR count). The van der Waals surface area contributed by atoms with E-state index < -0.39 is 0 Å². The molecule has 1 aromatic heterocycles. The van der Waals surface area contributed by atoms with E-state index in [-0.39, 0.29) is 0 Å². The molecule has 1 heterocycles. The number of thioether (sulfide) groups is 1. The Morgan fingerprint density at radius 3 is 2.69 bits per heavy atom. The third-order valence-corrected chi connectivity index (χ3v) is 3.37. The van der Waals surface area contributed by atoms with Crippen LogP contribution in [0.3, 0.4) is 0 Å². The van der Waals surface area contributed by atoms with Gasteiger partial charge in [0.2, 0.25) is 0 Å². The van der Waals surface area contributed by atoms with E-state index in [4.69, 9.17) is 5.73 Å². The fraction of sp³-hybridized carbons (Fsp3) is 0.500. The van der Waals surface area contributed by atoms with Crippen LogP contribution in [0.5, 0.6) is 0 Å². The zero-order chi connectivity index (χ0) is 9.84. The number of anilines is 1. The largest absolute Gasteiger partial charge is 0.383 e. The van der Waals surface area contributed by atoms with E-state index in [2.05, 4.69) is 32.8 Å². The van der Waals surface area contributed by atoms with Gasteiger partial charge < -0.3 is 5.73 Å².